The Kier molecular flexibility index (Phi) is 5.46. The highest BCUT2D eigenvalue weighted by Crippen LogP contribution is 2.23. The van der Waals surface area contributed by atoms with Crippen LogP contribution < -0.4 is 5.32 Å². The maximum absolute atomic E-state index is 5.92. The first-order chi connectivity index (χ1) is 7.66. The van der Waals surface area contributed by atoms with Gasteiger partial charge < -0.3 is 10.1 Å². The van der Waals surface area contributed by atoms with Crippen molar-refractivity contribution in [3.05, 3.63) is 22.4 Å². The van der Waals surface area contributed by atoms with Crippen LogP contribution in [0.5, 0.6) is 0 Å². The van der Waals surface area contributed by atoms with E-state index in [-0.39, 0.29) is 5.60 Å². The molecule has 2 atom stereocenters. The van der Waals surface area contributed by atoms with E-state index in [2.05, 4.69) is 42.9 Å². The molecular formula is C13H23NOS. The molecule has 0 aliphatic carbocycles. The van der Waals surface area contributed by atoms with Gasteiger partial charge in [-0.3, -0.25) is 0 Å². The lowest BCUT2D eigenvalue weighted by atomic mass is 9.89. The fourth-order valence-corrected chi connectivity index (χ4v) is 2.73. The number of ether oxygens (including phenoxy) is 1. The minimum Gasteiger partial charge on any atom is -0.374 e. The second-order valence-electron chi connectivity index (χ2n) is 4.28. The molecule has 0 radical (unpaired) electrons. The zero-order chi connectivity index (χ0) is 12.0. The van der Waals surface area contributed by atoms with E-state index in [0.29, 0.717) is 6.04 Å². The average Bonchev–Trinajstić information content (AvgIpc) is 2.78. The molecule has 1 rings (SSSR count). The molecule has 1 N–H and O–H groups in total. The molecule has 0 bridgehead atoms. The van der Waals surface area contributed by atoms with Crippen molar-refractivity contribution in [1.29, 1.82) is 0 Å². The SMILES string of the molecule is CCOC(C)(CC)C(Cc1ccsc1)NC. The lowest BCUT2D eigenvalue weighted by Crippen LogP contribution is -2.50. The van der Waals surface area contributed by atoms with Crippen molar-refractivity contribution in [3.8, 4) is 0 Å². The summed E-state index contributed by atoms with van der Waals surface area (Å²) in [6.07, 6.45) is 2.06. The highest BCUT2D eigenvalue weighted by molar-refractivity contribution is 7.07. The van der Waals surface area contributed by atoms with Gasteiger partial charge in [0.25, 0.3) is 0 Å². The Labute approximate surface area is 103 Å². The zero-order valence-electron chi connectivity index (χ0n) is 10.7. The summed E-state index contributed by atoms with van der Waals surface area (Å²) in [6.45, 7) is 7.22. The summed E-state index contributed by atoms with van der Waals surface area (Å²) >= 11 is 1.76. The maximum Gasteiger partial charge on any atom is 0.0807 e. The molecule has 1 aromatic rings. The fourth-order valence-electron chi connectivity index (χ4n) is 2.05. The molecule has 1 heterocycles. The number of thiophene rings is 1. The summed E-state index contributed by atoms with van der Waals surface area (Å²) in [5.41, 5.74) is 1.31. The topological polar surface area (TPSA) is 21.3 Å². The Hall–Kier alpha value is -0.380. The molecule has 0 aliphatic rings. The number of hydrogen-bond acceptors (Lipinski definition) is 3. The van der Waals surface area contributed by atoms with E-state index in [1.54, 1.807) is 11.3 Å². The van der Waals surface area contributed by atoms with Crippen LogP contribution in [0.1, 0.15) is 32.8 Å². The van der Waals surface area contributed by atoms with Crippen LogP contribution in [0, 0.1) is 0 Å². The smallest absolute Gasteiger partial charge is 0.0807 e. The van der Waals surface area contributed by atoms with Crippen LogP contribution in [-0.4, -0.2) is 25.3 Å². The Morgan fingerprint density at radius 1 is 1.50 bits per heavy atom. The first-order valence-electron chi connectivity index (χ1n) is 5.98. The minimum atomic E-state index is -0.0779. The van der Waals surface area contributed by atoms with Crippen molar-refractivity contribution in [2.45, 2.75) is 45.3 Å². The van der Waals surface area contributed by atoms with Gasteiger partial charge in [0.15, 0.2) is 0 Å². The Balaban J connectivity index is 2.71. The molecule has 2 nitrogen and oxygen atoms in total. The van der Waals surface area contributed by atoms with Crippen molar-refractivity contribution >= 4 is 11.3 Å². The van der Waals surface area contributed by atoms with E-state index in [1.807, 2.05) is 7.05 Å². The van der Waals surface area contributed by atoms with Crippen molar-refractivity contribution in [2.24, 2.45) is 0 Å². The van der Waals surface area contributed by atoms with Gasteiger partial charge in [-0.15, -0.1) is 0 Å². The van der Waals surface area contributed by atoms with Gasteiger partial charge in [0, 0.05) is 12.6 Å². The first-order valence-corrected chi connectivity index (χ1v) is 6.92. The predicted molar refractivity (Wildman–Crippen MR) is 71.2 cm³/mol. The zero-order valence-corrected chi connectivity index (χ0v) is 11.6. The van der Waals surface area contributed by atoms with Crippen molar-refractivity contribution in [3.63, 3.8) is 0 Å². The molecule has 16 heavy (non-hydrogen) atoms. The number of nitrogens with one attached hydrogen (secondary N) is 1. The van der Waals surface area contributed by atoms with Gasteiger partial charge in [-0.1, -0.05) is 6.92 Å². The highest BCUT2D eigenvalue weighted by atomic mass is 32.1. The van der Waals surface area contributed by atoms with Crippen molar-refractivity contribution < 1.29 is 4.74 Å². The summed E-state index contributed by atoms with van der Waals surface area (Å²) in [5.74, 6) is 0. The second kappa shape index (κ2) is 6.38. The first kappa shape index (κ1) is 13.7. The van der Waals surface area contributed by atoms with Crippen LogP contribution in [0.25, 0.3) is 0 Å². The van der Waals surface area contributed by atoms with Crippen LogP contribution >= 0.6 is 11.3 Å². The monoisotopic (exact) mass is 241 g/mol. The van der Waals surface area contributed by atoms with Gasteiger partial charge in [-0.05, 0) is 56.1 Å². The third-order valence-electron chi connectivity index (χ3n) is 3.28. The van der Waals surface area contributed by atoms with E-state index in [9.17, 15) is 0 Å². The number of rotatable bonds is 7. The van der Waals surface area contributed by atoms with Gasteiger partial charge in [0.2, 0.25) is 0 Å². The summed E-state index contributed by atoms with van der Waals surface area (Å²) in [4.78, 5) is 0. The van der Waals surface area contributed by atoms with Gasteiger partial charge in [-0.2, -0.15) is 11.3 Å². The molecule has 0 fully saturated rings. The predicted octanol–water partition coefficient (Wildman–Crippen LogP) is 3.08. The third kappa shape index (κ3) is 3.30. The van der Waals surface area contributed by atoms with Crippen molar-refractivity contribution in [2.75, 3.05) is 13.7 Å². The van der Waals surface area contributed by atoms with Crippen LogP contribution in [-0.2, 0) is 11.2 Å². The average molecular weight is 241 g/mol. The molecule has 3 heteroatoms. The largest absolute Gasteiger partial charge is 0.374 e. The highest BCUT2D eigenvalue weighted by Gasteiger charge is 2.32. The van der Waals surface area contributed by atoms with Gasteiger partial charge >= 0.3 is 0 Å². The minimum absolute atomic E-state index is 0.0779. The van der Waals surface area contributed by atoms with Crippen LogP contribution in [0.4, 0.5) is 0 Å². The van der Waals surface area contributed by atoms with Crippen molar-refractivity contribution in [1.82, 2.24) is 5.32 Å². The fraction of sp³-hybridized carbons (Fsp3) is 0.692. The summed E-state index contributed by atoms with van der Waals surface area (Å²) < 4.78 is 5.92. The Morgan fingerprint density at radius 2 is 2.25 bits per heavy atom. The van der Waals surface area contributed by atoms with Crippen LogP contribution in [0.2, 0.25) is 0 Å². The van der Waals surface area contributed by atoms with Gasteiger partial charge in [-0.25, -0.2) is 0 Å². The second-order valence-corrected chi connectivity index (χ2v) is 5.06. The summed E-state index contributed by atoms with van der Waals surface area (Å²) in [7, 11) is 2.02. The summed E-state index contributed by atoms with van der Waals surface area (Å²) in [6, 6.07) is 2.56. The van der Waals surface area contributed by atoms with Crippen LogP contribution in [0.15, 0.2) is 16.8 Å². The molecule has 0 amide bonds. The molecule has 1 aromatic heterocycles. The van der Waals surface area contributed by atoms with E-state index in [1.165, 1.54) is 5.56 Å². The quantitative estimate of drug-likeness (QED) is 0.792. The molecule has 0 saturated heterocycles. The van der Waals surface area contributed by atoms with Gasteiger partial charge in [0.1, 0.15) is 0 Å². The van der Waals surface area contributed by atoms with E-state index in [0.717, 1.165) is 19.4 Å². The molecule has 2 unspecified atom stereocenters. The summed E-state index contributed by atoms with van der Waals surface area (Å²) in [5, 5.41) is 7.74. The number of hydrogen-bond donors (Lipinski definition) is 1. The molecule has 0 spiro atoms. The lowest BCUT2D eigenvalue weighted by Gasteiger charge is -2.36. The molecule has 0 aromatic carbocycles. The standard InChI is InChI=1S/C13H23NOS/c1-5-13(3,15-6-2)12(14-4)9-11-7-8-16-10-11/h7-8,10,12,14H,5-6,9H2,1-4H3. The maximum atomic E-state index is 5.92. The Morgan fingerprint density at radius 3 is 2.69 bits per heavy atom. The van der Waals surface area contributed by atoms with E-state index < -0.39 is 0 Å². The molecular weight excluding hydrogens is 218 g/mol. The molecule has 0 saturated carbocycles. The normalized spacial score (nSPS) is 17.0. The van der Waals surface area contributed by atoms with Gasteiger partial charge in [0.05, 0.1) is 5.60 Å². The molecule has 92 valence electrons. The molecule has 0 aliphatic heterocycles. The lowest BCUT2D eigenvalue weighted by molar-refractivity contribution is -0.0533. The third-order valence-corrected chi connectivity index (χ3v) is 4.01. The van der Waals surface area contributed by atoms with E-state index >= 15 is 0 Å². The number of likely N-dealkylation sites (N-methyl/N-ethyl adjacent to an activating group) is 1. The van der Waals surface area contributed by atoms with Crippen LogP contribution in [0.3, 0.4) is 0 Å². The van der Waals surface area contributed by atoms with E-state index in [4.69, 9.17) is 4.74 Å². The Bertz CT molecular complexity index is 286.